The van der Waals surface area contributed by atoms with Gasteiger partial charge in [0.05, 0.1) is 12.7 Å². The van der Waals surface area contributed by atoms with E-state index in [1.165, 1.54) is 13.2 Å². The predicted molar refractivity (Wildman–Crippen MR) is 58.4 cm³/mol. The summed E-state index contributed by atoms with van der Waals surface area (Å²) in [6.07, 6.45) is -4.35. The molecule has 1 aromatic carbocycles. The van der Waals surface area contributed by atoms with Gasteiger partial charge in [0.2, 0.25) is 0 Å². The van der Waals surface area contributed by atoms with Gasteiger partial charge < -0.3 is 4.74 Å². The molecule has 0 bridgehead atoms. The van der Waals surface area contributed by atoms with E-state index in [2.05, 4.69) is 15.9 Å². The Morgan fingerprint density at radius 2 is 1.93 bits per heavy atom. The van der Waals surface area contributed by atoms with Gasteiger partial charge in [0.1, 0.15) is 5.75 Å². The molecule has 0 aromatic heterocycles. The molecule has 0 radical (unpaired) electrons. The van der Waals surface area contributed by atoms with Crippen molar-refractivity contribution in [1.82, 2.24) is 0 Å². The van der Waals surface area contributed by atoms with Crippen LogP contribution in [0.4, 0.5) is 13.2 Å². The maximum Gasteiger partial charge on any atom is 0.417 e. The van der Waals surface area contributed by atoms with Gasteiger partial charge in [-0.15, -0.1) is 0 Å². The normalized spacial score (nSPS) is 11.6. The second-order valence-electron chi connectivity index (χ2n) is 2.47. The molecule has 0 spiro atoms. The first-order valence-electron chi connectivity index (χ1n) is 3.46. The smallest absolute Gasteiger partial charge is 0.417 e. The summed E-state index contributed by atoms with van der Waals surface area (Å²) >= 11 is 4.68. The Hall–Kier alpha value is 0.0200. The lowest BCUT2D eigenvalue weighted by Crippen LogP contribution is -2.08. The van der Waals surface area contributed by atoms with E-state index in [0.717, 1.165) is 6.07 Å². The number of alkyl halides is 3. The molecular weight excluding hydrogens is 376 g/mol. The molecule has 0 atom stereocenters. The van der Waals surface area contributed by atoms with E-state index in [0.29, 0.717) is 4.47 Å². The summed E-state index contributed by atoms with van der Waals surface area (Å²) < 4.78 is 42.7. The molecule has 0 aliphatic heterocycles. The van der Waals surface area contributed by atoms with E-state index in [1.807, 2.05) is 0 Å². The zero-order valence-corrected chi connectivity index (χ0v) is 10.7. The van der Waals surface area contributed by atoms with Crippen molar-refractivity contribution in [2.75, 3.05) is 7.11 Å². The molecule has 78 valence electrons. The first kappa shape index (κ1) is 12.1. The van der Waals surface area contributed by atoms with Crippen LogP contribution in [0.1, 0.15) is 5.56 Å². The van der Waals surface area contributed by atoms with Crippen LogP contribution in [0, 0.1) is 3.57 Å². The van der Waals surface area contributed by atoms with Crippen LogP contribution in [0.2, 0.25) is 0 Å². The van der Waals surface area contributed by atoms with Crippen molar-refractivity contribution in [3.8, 4) is 5.75 Å². The van der Waals surface area contributed by atoms with Gasteiger partial charge in [-0.25, -0.2) is 0 Å². The van der Waals surface area contributed by atoms with E-state index in [9.17, 15) is 13.2 Å². The quantitative estimate of drug-likeness (QED) is 0.667. The van der Waals surface area contributed by atoms with E-state index in [4.69, 9.17) is 4.74 Å². The van der Waals surface area contributed by atoms with Crippen LogP contribution in [-0.2, 0) is 6.18 Å². The van der Waals surface area contributed by atoms with Crippen LogP contribution >= 0.6 is 38.5 Å². The first-order valence-corrected chi connectivity index (χ1v) is 5.33. The number of hydrogen-bond donors (Lipinski definition) is 0. The summed E-state index contributed by atoms with van der Waals surface area (Å²) in [5.74, 6) is 0.185. The number of benzene rings is 1. The van der Waals surface area contributed by atoms with Crippen molar-refractivity contribution in [3.05, 3.63) is 25.7 Å². The number of ether oxygens (including phenoxy) is 1. The largest absolute Gasteiger partial charge is 0.497 e. The fraction of sp³-hybridized carbons (Fsp3) is 0.250. The van der Waals surface area contributed by atoms with Gasteiger partial charge in [-0.05, 0) is 50.7 Å². The molecule has 1 rings (SSSR count). The summed E-state index contributed by atoms with van der Waals surface area (Å²) in [6, 6.07) is 2.48. The Bertz CT molecular complexity index is 351. The highest BCUT2D eigenvalue weighted by molar-refractivity contribution is 14.1. The summed E-state index contributed by atoms with van der Waals surface area (Å²) in [6.45, 7) is 0. The minimum Gasteiger partial charge on any atom is -0.497 e. The molecule has 0 saturated heterocycles. The van der Waals surface area contributed by atoms with Gasteiger partial charge in [-0.1, -0.05) is 0 Å². The number of rotatable bonds is 1. The molecule has 0 unspecified atom stereocenters. The molecule has 0 heterocycles. The summed E-state index contributed by atoms with van der Waals surface area (Å²) in [5.41, 5.74) is -0.690. The Kier molecular flexibility index (Phi) is 3.68. The van der Waals surface area contributed by atoms with Crippen molar-refractivity contribution in [2.24, 2.45) is 0 Å². The lowest BCUT2D eigenvalue weighted by Gasteiger charge is -2.12. The third kappa shape index (κ3) is 2.53. The van der Waals surface area contributed by atoms with E-state index in [1.54, 1.807) is 22.6 Å². The molecule has 0 aliphatic rings. The minimum absolute atomic E-state index is 0.135. The Labute approximate surface area is 101 Å². The molecule has 0 fully saturated rings. The zero-order valence-electron chi connectivity index (χ0n) is 6.95. The lowest BCUT2D eigenvalue weighted by molar-refractivity contribution is -0.138. The first-order chi connectivity index (χ1) is 6.36. The molecule has 1 nitrogen and oxygen atoms in total. The minimum atomic E-state index is -4.35. The SMILES string of the molecule is COc1cc(Br)c(I)c(C(F)(F)F)c1. The highest BCUT2D eigenvalue weighted by Crippen LogP contribution is 2.38. The van der Waals surface area contributed by atoms with Crippen molar-refractivity contribution in [1.29, 1.82) is 0 Å². The zero-order chi connectivity index (χ0) is 10.9. The fourth-order valence-corrected chi connectivity index (χ4v) is 1.94. The standard InChI is InChI=1S/C8H5BrF3IO/c1-14-4-2-5(8(10,11)12)7(13)6(9)3-4/h2-3H,1H3. The molecule has 1 aromatic rings. The van der Waals surface area contributed by atoms with Crippen LogP contribution in [0.3, 0.4) is 0 Å². The van der Waals surface area contributed by atoms with Crippen LogP contribution in [0.15, 0.2) is 16.6 Å². The third-order valence-electron chi connectivity index (χ3n) is 1.54. The Morgan fingerprint density at radius 1 is 1.36 bits per heavy atom. The van der Waals surface area contributed by atoms with E-state index >= 15 is 0 Å². The van der Waals surface area contributed by atoms with E-state index < -0.39 is 11.7 Å². The number of methoxy groups -OCH3 is 1. The second kappa shape index (κ2) is 4.26. The van der Waals surface area contributed by atoms with Crippen molar-refractivity contribution in [2.45, 2.75) is 6.18 Å². The van der Waals surface area contributed by atoms with Gasteiger partial charge in [0.15, 0.2) is 0 Å². The van der Waals surface area contributed by atoms with Gasteiger partial charge >= 0.3 is 6.18 Å². The van der Waals surface area contributed by atoms with Crippen molar-refractivity contribution >= 4 is 38.5 Å². The average molecular weight is 381 g/mol. The van der Waals surface area contributed by atoms with Gasteiger partial charge in [-0.2, -0.15) is 13.2 Å². The highest BCUT2D eigenvalue weighted by atomic mass is 127. The van der Waals surface area contributed by atoms with E-state index in [-0.39, 0.29) is 9.32 Å². The van der Waals surface area contributed by atoms with Crippen LogP contribution in [-0.4, -0.2) is 7.11 Å². The molecule has 14 heavy (non-hydrogen) atoms. The van der Waals surface area contributed by atoms with Crippen molar-refractivity contribution < 1.29 is 17.9 Å². The van der Waals surface area contributed by atoms with Crippen molar-refractivity contribution in [3.63, 3.8) is 0 Å². The Balaban J connectivity index is 3.35. The monoisotopic (exact) mass is 380 g/mol. The fourth-order valence-electron chi connectivity index (χ4n) is 0.888. The molecular formula is C8H5BrF3IO. The molecule has 6 heteroatoms. The van der Waals surface area contributed by atoms with Gasteiger partial charge in [0, 0.05) is 8.04 Å². The van der Waals surface area contributed by atoms with Crippen LogP contribution < -0.4 is 4.74 Å². The van der Waals surface area contributed by atoms with Gasteiger partial charge in [-0.3, -0.25) is 0 Å². The maximum atomic E-state index is 12.5. The molecule has 0 amide bonds. The third-order valence-corrected chi connectivity index (χ3v) is 4.07. The van der Waals surface area contributed by atoms with Crippen LogP contribution in [0.5, 0.6) is 5.75 Å². The summed E-state index contributed by atoms with van der Waals surface area (Å²) in [7, 11) is 1.33. The number of halogens is 5. The summed E-state index contributed by atoms with van der Waals surface area (Å²) in [5, 5.41) is 0. The van der Waals surface area contributed by atoms with Crippen LogP contribution in [0.25, 0.3) is 0 Å². The lowest BCUT2D eigenvalue weighted by atomic mass is 10.2. The average Bonchev–Trinajstić information content (AvgIpc) is 2.07. The Morgan fingerprint density at radius 3 is 2.36 bits per heavy atom. The summed E-state index contributed by atoms with van der Waals surface area (Å²) in [4.78, 5) is 0. The second-order valence-corrected chi connectivity index (χ2v) is 4.40. The molecule has 0 saturated carbocycles. The number of hydrogen-bond acceptors (Lipinski definition) is 1. The molecule has 0 N–H and O–H groups in total. The maximum absolute atomic E-state index is 12.5. The highest BCUT2D eigenvalue weighted by Gasteiger charge is 2.34. The predicted octanol–water partition coefficient (Wildman–Crippen LogP) is 4.08. The molecule has 0 aliphatic carbocycles. The van der Waals surface area contributed by atoms with Gasteiger partial charge in [0.25, 0.3) is 0 Å². The topological polar surface area (TPSA) is 9.23 Å².